The van der Waals surface area contributed by atoms with Crippen LogP contribution in [0.4, 0.5) is 17.6 Å². The number of carbonyl (C=O) groups excluding carboxylic acids is 3. The molecule has 3 aromatic heterocycles. The van der Waals surface area contributed by atoms with Gasteiger partial charge < -0.3 is 9.80 Å². The van der Waals surface area contributed by atoms with Gasteiger partial charge in [0.05, 0.1) is 23.7 Å². The molecule has 1 aliphatic heterocycles. The maximum atomic E-state index is 14.7. The Morgan fingerprint density at radius 2 is 1.76 bits per heavy atom. The van der Waals surface area contributed by atoms with Gasteiger partial charge >= 0.3 is 6.18 Å². The summed E-state index contributed by atoms with van der Waals surface area (Å²) in [6.07, 6.45) is 0.903. The van der Waals surface area contributed by atoms with E-state index in [2.05, 4.69) is 25.0 Å². The third-order valence-electron chi connectivity index (χ3n) is 9.99. The Morgan fingerprint density at radius 3 is 2.40 bits per heavy atom. The first-order valence-electron chi connectivity index (χ1n) is 16.5. The molecule has 1 saturated heterocycles. The summed E-state index contributed by atoms with van der Waals surface area (Å²) in [5.74, 6) is -0.636. The van der Waals surface area contributed by atoms with Gasteiger partial charge in [0, 0.05) is 41.9 Å². The zero-order valence-corrected chi connectivity index (χ0v) is 28.6. The van der Waals surface area contributed by atoms with Crippen LogP contribution < -0.4 is 0 Å². The number of nitrogens with zero attached hydrogens (tertiary/aromatic N) is 7. The Kier molecular flexibility index (Phi) is 9.35. The predicted molar refractivity (Wildman–Crippen MR) is 177 cm³/mol. The number of alkyl halides is 4. The number of halogens is 4. The fourth-order valence-corrected chi connectivity index (χ4v) is 7.36. The van der Waals surface area contributed by atoms with Crippen molar-refractivity contribution in [3.05, 3.63) is 70.7 Å². The molecule has 0 N–H and O–H groups in total. The summed E-state index contributed by atoms with van der Waals surface area (Å²) >= 11 is 0. The van der Waals surface area contributed by atoms with E-state index in [0.29, 0.717) is 46.3 Å². The van der Waals surface area contributed by atoms with Gasteiger partial charge in [-0.25, -0.2) is 19.3 Å². The highest BCUT2D eigenvalue weighted by atomic mass is 19.4. The van der Waals surface area contributed by atoms with Crippen LogP contribution in [0.25, 0.3) is 22.0 Å². The summed E-state index contributed by atoms with van der Waals surface area (Å²) in [6, 6.07) is 4.40. The zero-order valence-electron chi connectivity index (χ0n) is 28.6. The standard InChI is InChI=1S/C36H39F4N7O3/c1-20-7-8-30(36(38,39)40)43-27(20)13-29(49)28-14-35(9-6-10-45(4)5)15-31(35)47(28)32(50)19-46-34-24(16-37)11-23(25-17-41-22(3)42-18-25)12-26(34)33(44-46)21(2)48/h7-8,11-12,17-18,28,31H,6,9-10,13-16,19H2,1-5H3/t28-,31+,35-/m0/s1. The van der Waals surface area contributed by atoms with Crippen molar-refractivity contribution in [3.63, 3.8) is 0 Å². The number of aryl methyl sites for hydroxylation is 2. The van der Waals surface area contributed by atoms with E-state index < -0.39 is 36.3 Å². The van der Waals surface area contributed by atoms with Crippen LogP contribution in [0.3, 0.4) is 0 Å². The molecule has 1 saturated carbocycles. The third kappa shape index (κ3) is 6.77. The van der Waals surface area contributed by atoms with E-state index in [1.165, 1.54) is 17.7 Å². The summed E-state index contributed by atoms with van der Waals surface area (Å²) < 4.78 is 56.4. The van der Waals surface area contributed by atoms with E-state index in [-0.39, 0.29) is 47.2 Å². The van der Waals surface area contributed by atoms with Crippen LogP contribution in [0.15, 0.2) is 36.7 Å². The minimum Gasteiger partial charge on any atom is -0.327 e. The first-order chi connectivity index (χ1) is 23.6. The highest BCUT2D eigenvalue weighted by Crippen LogP contribution is 2.62. The van der Waals surface area contributed by atoms with Crippen LogP contribution in [0.5, 0.6) is 0 Å². The van der Waals surface area contributed by atoms with Gasteiger partial charge in [0.15, 0.2) is 11.6 Å². The number of fused-ring (bicyclic) bond motifs is 2. The summed E-state index contributed by atoms with van der Waals surface area (Å²) in [6.45, 7) is 4.24. The van der Waals surface area contributed by atoms with E-state index in [1.54, 1.807) is 43.3 Å². The van der Waals surface area contributed by atoms with Crippen molar-refractivity contribution in [1.82, 2.24) is 34.5 Å². The average molecular weight is 694 g/mol. The fourth-order valence-electron chi connectivity index (χ4n) is 7.36. The van der Waals surface area contributed by atoms with Crippen molar-refractivity contribution in [3.8, 4) is 11.1 Å². The summed E-state index contributed by atoms with van der Waals surface area (Å²) in [7, 11) is 3.94. The normalized spacial score (nSPS) is 20.1. The average Bonchev–Trinajstić information content (AvgIpc) is 3.45. The highest BCUT2D eigenvalue weighted by molar-refractivity contribution is 6.07. The van der Waals surface area contributed by atoms with Crippen LogP contribution in [0.2, 0.25) is 0 Å². The van der Waals surface area contributed by atoms with Crippen LogP contribution in [0.1, 0.15) is 71.4 Å². The lowest BCUT2D eigenvalue weighted by Crippen LogP contribution is -2.45. The first-order valence-corrected chi connectivity index (χ1v) is 16.5. The molecule has 2 aliphatic rings. The lowest BCUT2D eigenvalue weighted by atomic mass is 9.91. The number of hydrogen-bond donors (Lipinski definition) is 0. The second-order valence-electron chi connectivity index (χ2n) is 13.9. The second-order valence-corrected chi connectivity index (χ2v) is 13.9. The molecule has 1 aromatic carbocycles. The molecule has 2 fully saturated rings. The lowest BCUT2D eigenvalue weighted by Gasteiger charge is -2.27. The number of rotatable bonds is 12. The maximum Gasteiger partial charge on any atom is 0.433 e. The summed E-state index contributed by atoms with van der Waals surface area (Å²) in [5.41, 5.74) is 0.889. The van der Waals surface area contributed by atoms with Gasteiger partial charge in [-0.05, 0) is 94.9 Å². The van der Waals surface area contributed by atoms with Gasteiger partial charge in [-0.15, -0.1) is 0 Å². The highest BCUT2D eigenvalue weighted by Gasteiger charge is 2.66. The molecule has 0 unspecified atom stereocenters. The molecule has 1 amide bonds. The van der Waals surface area contributed by atoms with Crippen molar-refractivity contribution in [2.45, 2.75) is 84.4 Å². The number of ketones is 2. The monoisotopic (exact) mass is 693 g/mol. The fraction of sp³-hybridized carbons (Fsp3) is 0.472. The molecule has 0 radical (unpaired) electrons. The molecule has 14 heteroatoms. The van der Waals surface area contributed by atoms with E-state index in [0.717, 1.165) is 25.5 Å². The summed E-state index contributed by atoms with van der Waals surface area (Å²) in [4.78, 5) is 56.8. The Morgan fingerprint density at radius 1 is 1.04 bits per heavy atom. The molecule has 50 heavy (non-hydrogen) atoms. The number of amides is 1. The molecule has 0 bridgehead atoms. The lowest BCUT2D eigenvalue weighted by molar-refractivity contribution is -0.141. The number of carbonyl (C=O) groups is 3. The number of hydrogen-bond acceptors (Lipinski definition) is 8. The van der Waals surface area contributed by atoms with Crippen LogP contribution in [-0.4, -0.2) is 84.7 Å². The van der Waals surface area contributed by atoms with Crippen molar-refractivity contribution in [2.75, 3.05) is 20.6 Å². The quantitative estimate of drug-likeness (QED) is 0.137. The molecule has 3 atom stereocenters. The van der Waals surface area contributed by atoms with Crippen molar-refractivity contribution < 1.29 is 31.9 Å². The van der Waals surface area contributed by atoms with E-state index in [9.17, 15) is 31.9 Å². The number of benzene rings is 1. The van der Waals surface area contributed by atoms with Gasteiger partial charge in [-0.2, -0.15) is 18.3 Å². The Hall–Kier alpha value is -4.59. The van der Waals surface area contributed by atoms with Crippen molar-refractivity contribution in [2.24, 2.45) is 5.41 Å². The van der Waals surface area contributed by atoms with Crippen molar-refractivity contribution >= 4 is 28.4 Å². The van der Waals surface area contributed by atoms with Gasteiger partial charge in [0.1, 0.15) is 30.4 Å². The van der Waals surface area contributed by atoms with Gasteiger partial charge in [-0.3, -0.25) is 19.1 Å². The number of Topliss-reactive ketones (excluding diaryl/α,β-unsaturated/α-hetero) is 2. The first kappa shape index (κ1) is 35.2. The molecular formula is C36H39F4N7O3. The zero-order chi connectivity index (χ0) is 36.1. The van der Waals surface area contributed by atoms with Gasteiger partial charge in [-0.1, -0.05) is 6.07 Å². The topological polar surface area (TPSA) is 114 Å². The molecule has 4 aromatic rings. The van der Waals surface area contributed by atoms with E-state index in [1.807, 2.05) is 14.1 Å². The SMILES string of the molecule is CC(=O)c1nn(CC(=O)N2[C@H](C(=O)Cc3nc(C(F)(F)F)ccc3C)C[C@@]3(CCCN(C)C)C[C@@H]23)c2c(CF)cc(-c3cnc(C)nc3)cc12. The summed E-state index contributed by atoms with van der Waals surface area (Å²) in [5, 5.41) is 4.85. The van der Waals surface area contributed by atoms with E-state index in [4.69, 9.17) is 0 Å². The minimum atomic E-state index is -4.67. The van der Waals surface area contributed by atoms with Crippen molar-refractivity contribution in [1.29, 1.82) is 0 Å². The Balaban J connectivity index is 1.34. The number of aromatic nitrogens is 5. The smallest absolute Gasteiger partial charge is 0.327 e. The number of likely N-dealkylation sites (tertiary alicyclic amines) is 1. The predicted octanol–water partition coefficient (Wildman–Crippen LogP) is 5.71. The van der Waals surface area contributed by atoms with Gasteiger partial charge in [0.2, 0.25) is 5.91 Å². The molecular weight excluding hydrogens is 654 g/mol. The third-order valence-corrected chi connectivity index (χ3v) is 9.99. The Bertz CT molecular complexity index is 1970. The molecule has 4 heterocycles. The molecule has 1 aliphatic carbocycles. The second kappa shape index (κ2) is 13.3. The molecule has 0 spiro atoms. The minimum absolute atomic E-state index is 0.0194. The number of pyridine rings is 1. The Labute approximate surface area is 286 Å². The van der Waals surface area contributed by atoms with Crippen LogP contribution >= 0.6 is 0 Å². The number of piperidine rings is 1. The van der Waals surface area contributed by atoms with Gasteiger partial charge in [0.25, 0.3) is 0 Å². The van der Waals surface area contributed by atoms with E-state index >= 15 is 0 Å². The molecule has 6 rings (SSSR count). The maximum absolute atomic E-state index is 14.7. The van der Waals surface area contributed by atoms with Crippen LogP contribution in [-0.2, 0) is 35.4 Å². The molecule has 10 nitrogen and oxygen atoms in total. The molecule has 264 valence electrons. The largest absolute Gasteiger partial charge is 0.433 e. The van der Waals surface area contributed by atoms with Crippen LogP contribution in [0, 0.1) is 19.3 Å².